The molecule has 2 fully saturated rings. The number of ether oxygens (including phenoxy) is 1. The molecular weight excluding hydrogens is 189 g/mol. The van der Waals surface area contributed by atoms with Crippen molar-refractivity contribution in [3.63, 3.8) is 0 Å². The average molecular weight is 205 g/mol. The molecule has 2 rings (SSSR count). The van der Waals surface area contributed by atoms with E-state index in [1.54, 1.807) is 4.90 Å². The van der Waals surface area contributed by atoms with E-state index in [2.05, 4.69) is 0 Å². The van der Waals surface area contributed by atoms with Gasteiger partial charge < -0.3 is 14.7 Å². The van der Waals surface area contributed by atoms with E-state index in [4.69, 9.17) is 4.74 Å². The Bertz CT molecular complexity index is 269. The van der Waals surface area contributed by atoms with E-state index in [-0.39, 0.29) is 36.7 Å². The van der Waals surface area contributed by atoms with Gasteiger partial charge in [-0.05, 0) is 25.9 Å². The van der Waals surface area contributed by atoms with Gasteiger partial charge in [0, 0.05) is 0 Å². The first-order chi connectivity index (χ1) is 6.49. The number of nitrogens with zero attached hydrogens (tertiary/aromatic N) is 1. The van der Waals surface area contributed by atoms with Crippen molar-refractivity contribution in [3.8, 4) is 0 Å². The van der Waals surface area contributed by atoms with Gasteiger partial charge in [-0.1, -0.05) is 13.3 Å². The van der Waals surface area contributed by atoms with Crippen LogP contribution in [0.5, 0.6) is 0 Å². The molecule has 80 valence electrons. The summed E-state index contributed by atoms with van der Waals surface area (Å²) in [5.41, 5.74) is -0.589. The minimum absolute atomic E-state index is 0. The third-order valence-electron chi connectivity index (χ3n) is 3.35. The maximum atomic E-state index is 11.7. The van der Waals surface area contributed by atoms with Crippen molar-refractivity contribution >= 4 is 5.91 Å². The molecule has 2 aliphatic heterocycles. The zero-order valence-electron chi connectivity index (χ0n) is 9.82. The van der Waals surface area contributed by atoms with Gasteiger partial charge >= 0.3 is 18.9 Å². The number of rotatable bonds is 1. The number of fused-ring (bicyclic) bond motifs is 1. The summed E-state index contributed by atoms with van der Waals surface area (Å²) in [6.45, 7) is 6.15. The molecule has 2 saturated heterocycles. The summed E-state index contributed by atoms with van der Waals surface area (Å²) in [6, 6.07) is 0.00463. The predicted octanol–water partition coefficient (Wildman–Crippen LogP) is -3.28. The van der Waals surface area contributed by atoms with Crippen LogP contribution in [0.3, 0.4) is 0 Å². The van der Waals surface area contributed by atoms with Crippen LogP contribution in [0.2, 0.25) is 0 Å². The van der Waals surface area contributed by atoms with Crippen LogP contribution in [-0.2, 0) is 9.53 Å². The van der Waals surface area contributed by atoms with Crippen LogP contribution in [0.15, 0.2) is 0 Å². The number of hydrogen-bond acceptors (Lipinski definition) is 3. The zero-order chi connectivity index (χ0) is 10.5. The third-order valence-corrected chi connectivity index (χ3v) is 3.35. The van der Waals surface area contributed by atoms with Crippen LogP contribution in [0.25, 0.3) is 0 Å². The van der Waals surface area contributed by atoms with Crippen LogP contribution in [0.1, 0.15) is 27.2 Å². The molecule has 0 aromatic heterocycles. The molecule has 0 N–H and O–H groups in total. The van der Waals surface area contributed by atoms with Crippen molar-refractivity contribution in [1.29, 1.82) is 0 Å². The molecule has 4 nitrogen and oxygen atoms in total. The standard InChI is InChI=1S/C10H16NO3.Li/c1-4-6-7-5-14-10(2,3)11(7)9(13)8(6)12;/h6-8H,4-5H2,1-3H3;/q-1;+1/t6-,7+,8+;/m0./s1. The Hall–Kier alpha value is -0.0126. The smallest absolute Gasteiger partial charge is 0.845 e. The first-order valence-corrected chi connectivity index (χ1v) is 5.12. The van der Waals surface area contributed by atoms with Gasteiger partial charge in [-0.15, -0.1) is 0 Å². The van der Waals surface area contributed by atoms with E-state index in [0.29, 0.717) is 6.61 Å². The Kier molecular flexibility index (Phi) is 3.57. The Morgan fingerprint density at radius 3 is 2.73 bits per heavy atom. The fourth-order valence-corrected chi connectivity index (χ4v) is 2.58. The third kappa shape index (κ3) is 1.74. The molecule has 0 bridgehead atoms. The van der Waals surface area contributed by atoms with Gasteiger partial charge in [0.1, 0.15) is 5.72 Å². The second-order valence-corrected chi connectivity index (χ2v) is 4.53. The fourth-order valence-electron chi connectivity index (χ4n) is 2.58. The van der Waals surface area contributed by atoms with E-state index in [9.17, 15) is 9.90 Å². The monoisotopic (exact) mass is 205 g/mol. The summed E-state index contributed by atoms with van der Waals surface area (Å²) >= 11 is 0. The molecule has 5 heteroatoms. The molecular formula is C10H16LiNO3. The van der Waals surface area contributed by atoms with Crippen molar-refractivity contribution in [1.82, 2.24) is 4.90 Å². The van der Waals surface area contributed by atoms with Crippen LogP contribution < -0.4 is 24.0 Å². The SMILES string of the molecule is CC[C@H]1[C@H]2COC(C)(C)N2C(=O)[C@@H]1[O-].[Li+]. The fraction of sp³-hybridized carbons (Fsp3) is 0.900. The molecule has 1 amide bonds. The van der Waals surface area contributed by atoms with Crippen LogP contribution >= 0.6 is 0 Å². The van der Waals surface area contributed by atoms with E-state index in [1.807, 2.05) is 20.8 Å². The van der Waals surface area contributed by atoms with Gasteiger partial charge in [0.15, 0.2) is 0 Å². The molecule has 0 radical (unpaired) electrons. The molecule has 3 atom stereocenters. The molecule has 0 aliphatic carbocycles. The Morgan fingerprint density at radius 1 is 1.60 bits per heavy atom. The first-order valence-electron chi connectivity index (χ1n) is 5.12. The zero-order valence-corrected chi connectivity index (χ0v) is 9.82. The molecule has 0 aromatic carbocycles. The second-order valence-electron chi connectivity index (χ2n) is 4.53. The van der Waals surface area contributed by atoms with Crippen LogP contribution in [-0.4, -0.2) is 35.3 Å². The van der Waals surface area contributed by atoms with E-state index in [0.717, 1.165) is 6.42 Å². The maximum Gasteiger partial charge on any atom is 1.00 e. The van der Waals surface area contributed by atoms with Crippen molar-refractivity contribution in [2.75, 3.05) is 6.61 Å². The van der Waals surface area contributed by atoms with Crippen molar-refractivity contribution in [2.24, 2.45) is 5.92 Å². The molecule has 2 aliphatic rings. The minimum Gasteiger partial charge on any atom is -0.845 e. The topological polar surface area (TPSA) is 52.6 Å². The van der Waals surface area contributed by atoms with Gasteiger partial charge in [0.25, 0.3) is 0 Å². The molecule has 0 saturated carbocycles. The summed E-state index contributed by atoms with van der Waals surface area (Å²) < 4.78 is 5.52. The number of carbonyl (C=O) groups is 1. The largest absolute Gasteiger partial charge is 1.00 e. The Balaban J connectivity index is 0.00000112. The van der Waals surface area contributed by atoms with E-state index >= 15 is 0 Å². The average Bonchev–Trinajstić information content (AvgIpc) is 2.53. The van der Waals surface area contributed by atoms with Gasteiger partial charge in [-0.25, -0.2) is 0 Å². The minimum atomic E-state index is -1.08. The quantitative estimate of drug-likeness (QED) is 0.422. The predicted molar refractivity (Wildman–Crippen MR) is 48.2 cm³/mol. The van der Waals surface area contributed by atoms with Gasteiger partial charge in [0.05, 0.1) is 12.6 Å². The van der Waals surface area contributed by atoms with Gasteiger partial charge in [-0.3, -0.25) is 4.79 Å². The van der Waals surface area contributed by atoms with Crippen molar-refractivity contribution in [2.45, 2.75) is 45.1 Å². The number of hydrogen-bond donors (Lipinski definition) is 0. The second kappa shape index (κ2) is 4.10. The van der Waals surface area contributed by atoms with Crippen molar-refractivity contribution < 1.29 is 33.5 Å². The summed E-state index contributed by atoms with van der Waals surface area (Å²) in [4.78, 5) is 13.3. The maximum absolute atomic E-state index is 11.7. The molecule has 0 aromatic rings. The Morgan fingerprint density at radius 2 is 2.20 bits per heavy atom. The van der Waals surface area contributed by atoms with Crippen LogP contribution in [0, 0.1) is 5.92 Å². The summed E-state index contributed by atoms with van der Waals surface area (Å²) in [7, 11) is 0. The number of amides is 1. The molecule has 0 unspecified atom stereocenters. The summed E-state index contributed by atoms with van der Waals surface area (Å²) in [5.74, 6) is -0.367. The Labute approximate surface area is 102 Å². The van der Waals surface area contributed by atoms with E-state index in [1.165, 1.54) is 0 Å². The van der Waals surface area contributed by atoms with Crippen LogP contribution in [0.4, 0.5) is 0 Å². The van der Waals surface area contributed by atoms with Crippen molar-refractivity contribution in [3.05, 3.63) is 0 Å². The van der Waals surface area contributed by atoms with Gasteiger partial charge in [0.2, 0.25) is 5.91 Å². The molecule has 15 heavy (non-hydrogen) atoms. The molecule has 2 heterocycles. The normalized spacial score (nSPS) is 37.7. The summed E-state index contributed by atoms with van der Waals surface area (Å²) in [6.07, 6.45) is -0.325. The summed E-state index contributed by atoms with van der Waals surface area (Å²) in [5, 5.41) is 11.7. The first kappa shape index (κ1) is 13.1. The molecule has 0 spiro atoms. The van der Waals surface area contributed by atoms with Gasteiger partial charge in [-0.2, -0.15) is 0 Å². The number of carbonyl (C=O) groups excluding carboxylic acids is 1. The van der Waals surface area contributed by atoms with E-state index < -0.39 is 11.8 Å².